The molecule has 25 heavy (non-hydrogen) atoms. The van der Waals surface area contributed by atoms with Crippen molar-refractivity contribution in [1.82, 2.24) is 10.3 Å². The van der Waals surface area contributed by atoms with Gasteiger partial charge in [-0.3, -0.25) is 0 Å². The number of hydrogen-bond donors (Lipinski definition) is 2. The number of nitrogens with one attached hydrogen (secondary N) is 2. The maximum atomic E-state index is 3.65. The molecule has 0 amide bonds. The zero-order valence-corrected chi connectivity index (χ0v) is 15.2. The molecular formula is C22H24N2S. The SMILES string of the molecule is C1=C(c2ccccc2)CC(CCCSc2c[nH]c3ccccc23)NC1. The average Bonchev–Trinajstić information content (AvgIpc) is 3.09. The fraction of sp³-hybridized carbons (Fsp3) is 0.273. The molecule has 2 heterocycles. The normalized spacial score (nSPS) is 17.6. The summed E-state index contributed by atoms with van der Waals surface area (Å²) in [7, 11) is 0. The van der Waals surface area contributed by atoms with Crippen LogP contribution in [0.4, 0.5) is 0 Å². The molecule has 0 bridgehead atoms. The Morgan fingerprint density at radius 3 is 2.76 bits per heavy atom. The van der Waals surface area contributed by atoms with Gasteiger partial charge < -0.3 is 10.3 Å². The maximum Gasteiger partial charge on any atom is 0.0465 e. The minimum absolute atomic E-state index is 0.601. The summed E-state index contributed by atoms with van der Waals surface area (Å²) in [4.78, 5) is 4.73. The van der Waals surface area contributed by atoms with Gasteiger partial charge >= 0.3 is 0 Å². The molecule has 0 fully saturated rings. The molecular weight excluding hydrogens is 324 g/mol. The van der Waals surface area contributed by atoms with E-state index < -0.39 is 0 Å². The molecule has 0 saturated heterocycles. The van der Waals surface area contributed by atoms with Crippen LogP contribution in [0.3, 0.4) is 0 Å². The van der Waals surface area contributed by atoms with Crippen LogP contribution in [-0.2, 0) is 0 Å². The second-order valence-electron chi connectivity index (χ2n) is 6.59. The van der Waals surface area contributed by atoms with E-state index in [2.05, 4.69) is 77.2 Å². The molecule has 1 aliphatic heterocycles. The van der Waals surface area contributed by atoms with Gasteiger partial charge in [-0.25, -0.2) is 0 Å². The third-order valence-corrected chi connectivity index (χ3v) is 6.01. The van der Waals surface area contributed by atoms with E-state index in [1.54, 1.807) is 0 Å². The standard InChI is InChI=1S/C22H24N2S/c1-2-7-17(8-3-1)18-12-13-23-19(15-18)9-6-14-25-22-16-24-21-11-5-4-10-20(21)22/h1-5,7-8,10-12,16,19,23-24H,6,9,13-15H2. The molecule has 4 rings (SSSR count). The molecule has 0 aliphatic carbocycles. The second kappa shape index (κ2) is 7.94. The predicted octanol–water partition coefficient (Wildman–Crippen LogP) is 5.49. The van der Waals surface area contributed by atoms with E-state index in [0.29, 0.717) is 6.04 Å². The Morgan fingerprint density at radius 2 is 1.84 bits per heavy atom. The van der Waals surface area contributed by atoms with Crippen molar-refractivity contribution < 1.29 is 0 Å². The number of aromatic nitrogens is 1. The largest absolute Gasteiger partial charge is 0.360 e. The second-order valence-corrected chi connectivity index (χ2v) is 7.73. The van der Waals surface area contributed by atoms with E-state index in [9.17, 15) is 0 Å². The highest BCUT2D eigenvalue weighted by Crippen LogP contribution is 2.29. The lowest BCUT2D eigenvalue weighted by Crippen LogP contribution is -2.32. The first-order valence-corrected chi connectivity index (χ1v) is 10.1. The quantitative estimate of drug-likeness (QED) is 0.456. The first-order valence-electron chi connectivity index (χ1n) is 9.07. The lowest BCUT2D eigenvalue weighted by molar-refractivity contribution is 0.497. The van der Waals surface area contributed by atoms with Crippen molar-refractivity contribution in [3.05, 3.63) is 72.4 Å². The molecule has 2 aromatic carbocycles. The molecule has 2 N–H and O–H groups in total. The Kier molecular flexibility index (Phi) is 5.24. The van der Waals surface area contributed by atoms with Crippen molar-refractivity contribution in [1.29, 1.82) is 0 Å². The number of hydrogen-bond acceptors (Lipinski definition) is 2. The van der Waals surface area contributed by atoms with Crippen LogP contribution in [0.25, 0.3) is 16.5 Å². The highest BCUT2D eigenvalue weighted by atomic mass is 32.2. The van der Waals surface area contributed by atoms with Gasteiger partial charge in [-0.1, -0.05) is 54.6 Å². The monoisotopic (exact) mass is 348 g/mol. The van der Waals surface area contributed by atoms with Crippen molar-refractivity contribution >= 4 is 28.2 Å². The molecule has 3 heteroatoms. The zero-order valence-electron chi connectivity index (χ0n) is 14.4. The van der Waals surface area contributed by atoms with Crippen molar-refractivity contribution in [3.8, 4) is 0 Å². The third kappa shape index (κ3) is 4.00. The number of thioether (sulfide) groups is 1. The summed E-state index contributed by atoms with van der Waals surface area (Å²) in [6.45, 7) is 0.991. The van der Waals surface area contributed by atoms with Gasteiger partial charge in [-0.2, -0.15) is 0 Å². The number of para-hydroxylation sites is 1. The van der Waals surface area contributed by atoms with Gasteiger partial charge in [0.25, 0.3) is 0 Å². The Balaban J connectivity index is 1.27. The van der Waals surface area contributed by atoms with Gasteiger partial charge in [-0.05, 0) is 42.2 Å². The summed E-state index contributed by atoms with van der Waals surface area (Å²) < 4.78 is 0. The van der Waals surface area contributed by atoms with Crippen molar-refractivity contribution in [3.63, 3.8) is 0 Å². The number of fused-ring (bicyclic) bond motifs is 1. The van der Waals surface area contributed by atoms with Gasteiger partial charge in [0.2, 0.25) is 0 Å². The Hall–Kier alpha value is -1.97. The molecule has 1 aromatic heterocycles. The zero-order chi connectivity index (χ0) is 16.9. The molecule has 1 unspecified atom stereocenters. The Labute approximate surface area is 153 Å². The van der Waals surface area contributed by atoms with Gasteiger partial charge in [0.15, 0.2) is 0 Å². The molecule has 0 radical (unpaired) electrons. The summed E-state index contributed by atoms with van der Waals surface area (Å²) in [6.07, 6.45) is 8.10. The molecule has 3 aromatic rings. The van der Waals surface area contributed by atoms with Gasteiger partial charge in [0.05, 0.1) is 0 Å². The van der Waals surface area contributed by atoms with Crippen LogP contribution < -0.4 is 5.32 Å². The summed E-state index contributed by atoms with van der Waals surface area (Å²) in [5, 5.41) is 5.00. The van der Waals surface area contributed by atoms with Gasteiger partial charge in [0, 0.05) is 34.6 Å². The Bertz CT molecular complexity index is 851. The number of benzene rings is 2. The van der Waals surface area contributed by atoms with E-state index in [4.69, 9.17) is 0 Å². The van der Waals surface area contributed by atoms with E-state index in [1.165, 1.54) is 45.5 Å². The number of H-pyrrole nitrogens is 1. The summed E-state index contributed by atoms with van der Waals surface area (Å²) in [5.74, 6) is 1.17. The van der Waals surface area contributed by atoms with E-state index >= 15 is 0 Å². The third-order valence-electron chi connectivity index (χ3n) is 4.87. The van der Waals surface area contributed by atoms with E-state index in [0.717, 1.165) is 13.0 Å². The molecule has 0 spiro atoms. The topological polar surface area (TPSA) is 27.8 Å². The van der Waals surface area contributed by atoms with Crippen LogP contribution in [0.15, 0.2) is 71.8 Å². The fourth-order valence-electron chi connectivity index (χ4n) is 3.54. The summed E-state index contributed by atoms with van der Waals surface area (Å²) in [6, 6.07) is 19.9. The molecule has 2 nitrogen and oxygen atoms in total. The highest BCUT2D eigenvalue weighted by molar-refractivity contribution is 7.99. The molecule has 0 saturated carbocycles. The number of aromatic amines is 1. The minimum Gasteiger partial charge on any atom is -0.360 e. The first kappa shape index (κ1) is 16.5. The predicted molar refractivity (Wildman–Crippen MR) is 109 cm³/mol. The Morgan fingerprint density at radius 1 is 1.00 bits per heavy atom. The van der Waals surface area contributed by atoms with Crippen molar-refractivity contribution in [2.24, 2.45) is 0 Å². The van der Waals surface area contributed by atoms with Crippen molar-refractivity contribution in [2.75, 3.05) is 12.3 Å². The maximum absolute atomic E-state index is 3.65. The molecule has 1 aliphatic rings. The summed E-state index contributed by atoms with van der Waals surface area (Å²) >= 11 is 1.97. The van der Waals surface area contributed by atoms with Crippen LogP contribution in [0, 0.1) is 0 Å². The van der Waals surface area contributed by atoms with Crippen LogP contribution in [0.2, 0.25) is 0 Å². The summed E-state index contributed by atoms with van der Waals surface area (Å²) in [5.41, 5.74) is 4.10. The van der Waals surface area contributed by atoms with E-state index in [-0.39, 0.29) is 0 Å². The van der Waals surface area contributed by atoms with Crippen LogP contribution in [0.1, 0.15) is 24.8 Å². The minimum atomic E-state index is 0.601. The van der Waals surface area contributed by atoms with Crippen LogP contribution in [0.5, 0.6) is 0 Å². The lowest BCUT2D eigenvalue weighted by Gasteiger charge is -2.24. The first-order chi connectivity index (χ1) is 12.4. The highest BCUT2D eigenvalue weighted by Gasteiger charge is 2.15. The lowest BCUT2D eigenvalue weighted by atomic mass is 9.93. The smallest absolute Gasteiger partial charge is 0.0465 e. The molecule has 1 atom stereocenters. The van der Waals surface area contributed by atoms with Gasteiger partial charge in [0.1, 0.15) is 0 Å². The fourth-order valence-corrected chi connectivity index (χ4v) is 4.54. The van der Waals surface area contributed by atoms with Crippen LogP contribution >= 0.6 is 11.8 Å². The van der Waals surface area contributed by atoms with E-state index in [1.807, 2.05) is 11.8 Å². The number of rotatable bonds is 6. The average molecular weight is 349 g/mol. The van der Waals surface area contributed by atoms with Crippen LogP contribution in [-0.4, -0.2) is 23.3 Å². The van der Waals surface area contributed by atoms with Gasteiger partial charge in [-0.15, -0.1) is 11.8 Å². The van der Waals surface area contributed by atoms with Crippen molar-refractivity contribution in [2.45, 2.75) is 30.2 Å². The molecule has 128 valence electrons.